The molecule has 0 fully saturated rings. The fourth-order valence-corrected chi connectivity index (χ4v) is 3.06. The molecule has 0 atom stereocenters. The minimum Gasteiger partial charge on any atom is -0.0622 e. The first kappa shape index (κ1) is 14.6. The summed E-state index contributed by atoms with van der Waals surface area (Å²) in [7, 11) is 0. The van der Waals surface area contributed by atoms with Crippen LogP contribution in [-0.2, 0) is 0 Å². The van der Waals surface area contributed by atoms with Crippen LogP contribution in [0.5, 0.6) is 0 Å². The molecule has 0 nitrogen and oxygen atoms in total. The molecular formula is C22H22. The van der Waals surface area contributed by atoms with Crippen molar-refractivity contribution in [3.8, 4) is 22.3 Å². The molecule has 0 unspecified atom stereocenters. The fraction of sp³-hybridized carbons (Fsp3) is 0.182. The number of benzene rings is 3. The van der Waals surface area contributed by atoms with Gasteiger partial charge in [0, 0.05) is 0 Å². The third-order valence-corrected chi connectivity index (χ3v) is 4.20. The summed E-state index contributed by atoms with van der Waals surface area (Å²) in [6, 6.07) is 26.1. The van der Waals surface area contributed by atoms with Gasteiger partial charge in [-0.15, -0.1) is 0 Å². The van der Waals surface area contributed by atoms with Gasteiger partial charge < -0.3 is 0 Å². The van der Waals surface area contributed by atoms with Crippen molar-refractivity contribution in [1.29, 1.82) is 0 Å². The first-order valence-corrected chi connectivity index (χ1v) is 7.92. The van der Waals surface area contributed by atoms with Crippen LogP contribution >= 0.6 is 0 Å². The lowest BCUT2D eigenvalue weighted by atomic mass is 9.87. The van der Waals surface area contributed by atoms with Gasteiger partial charge in [0.1, 0.15) is 0 Å². The Morgan fingerprint density at radius 1 is 0.636 bits per heavy atom. The molecule has 110 valence electrons. The highest BCUT2D eigenvalue weighted by Crippen LogP contribution is 2.36. The van der Waals surface area contributed by atoms with Crippen LogP contribution in [0.2, 0.25) is 0 Å². The molecule has 0 heterocycles. The average Bonchev–Trinajstić information content (AvgIpc) is 2.56. The van der Waals surface area contributed by atoms with E-state index in [1.54, 1.807) is 0 Å². The second kappa shape index (κ2) is 6.19. The van der Waals surface area contributed by atoms with Crippen molar-refractivity contribution in [2.45, 2.75) is 26.7 Å². The lowest BCUT2D eigenvalue weighted by molar-refractivity contribution is 0.857. The van der Waals surface area contributed by atoms with Crippen molar-refractivity contribution >= 4 is 0 Å². The topological polar surface area (TPSA) is 0 Å². The number of aryl methyl sites for hydroxylation is 1. The average molecular weight is 286 g/mol. The van der Waals surface area contributed by atoms with E-state index in [0.29, 0.717) is 5.92 Å². The predicted octanol–water partition coefficient (Wildman–Crippen LogP) is 6.45. The van der Waals surface area contributed by atoms with E-state index in [2.05, 4.69) is 93.6 Å². The van der Waals surface area contributed by atoms with Crippen LogP contribution < -0.4 is 0 Å². The van der Waals surface area contributed by atoms with E-state index < -0.39 is 0 Å². The zero-order valence-corrected chi connectivity index (χ0v) is 13.5. The van der Waals surface area contributed by atoms with Crippen molar-refractivity contribution in [3.05, 3.63) is 83.9 Å². The van der Waals surface area contributed by atoms with Gasteiger partial charge >= 0.3 is 0 Å². The molecule has 0 aliphatic heterocycles. The summed E-state index contributed by atoms with van der Waals surface area (Å²) in [5.41, 5.74) is 7.99. The van der Waals surface area contributed by atoms with E-state index in [0.717, 1.165) is 0 Å². The molecule has 0 radical (unpaired) electrons. The lowest BCUT2D eigenvalue weighted by Gasteiger charge is -2.17. The van der Waals surface area contributed by atoms with Crippen molar-refractivity contribution in [2.24, 2.45) is 0 Å². The minimum absolute atomic E-state index is 0.535. The van der Waals surface area contributed by atoms with Gasteiger partial charge in [-0.3, -0.25) is 0 Å². The van der Waals surface area contributed by atoms with Gasteiger partial charge in [0.25, 0.3) is 0 Å². The van der Waals surface area contributed by atoms with E-state index in [1.807, 2.05) is 0 Å². The summed E-state index contributed by atoms with van der Waals surface area (Å²) in [5.74, 6) is 0.535. The molecule has 22 heavy (non-hydrogen) atoms. The smallest absolute Gasteiger partial charge is 0.0102 e. The van der Waals surface area contributed by atoms with Crippen molar-refractivity contribution in [1.82, 2.24) is 0 Å². The molecule has 0 aromatic heterocycles. The Morgan fingerprint density at radius 3 is 1.55 bits per heavy atom. The fourth-order valence-electron chi connectivity index (χ4n) is 3.06. The Kier molecular flexibility index (Phi) is 4.11. The van der Waals surface area contributed by atoms with E-state index in [9.17, 15) is 0 Å². The molecule has 3 aromatic carbocycles. The van der Waals surface area contributed by atoms with Gasteiger partial charge in [-0.1, -0.05) is 86.6 Å². The Bertz CT molecular complexity index is 753. The first-order valence-electron chi connectivity index (χ1n) is 7.92. The zero-order chi connectivity index (χ0) is 15.5. The van der Waals surface area contributed by atoms with Crippen molar-refractivity contribution in [2.75, 3.05) is 0 Å². The molecule has 0 amide bonds. The standard InChI is InChI=1S/C22H22/c1-16(2)20-15-22(19-12-8-5-9-13-19)21(14-17(20)3)18-10-6-4-7-11-18/h4-16H,1-3H3. The normalized spacial score (nSPS) is 10.9. The lowest BCUT2D eigenvalue weighted by Crippen LogP contribution is -1.96. The van der Waals surface area contributed by atoms with Gasteiger partial charge in [-0.05, 0) is 46.2 Å². The highest BCUT2D eigenvalue weighted by Gasteiger charge is 2.12. The van der Waals surface area contributed by atoms with Crippen molar-refractivity contribution < 1.29 is 0 Å². The van der Waals surface area contributed by atoms with Crippen LogP contribution in [0.15, 0.2) is 72.8 Å². The summed E-state index contributed by atoms with van der Waals surface area (Å²) in [6.07, 6.45) is 0. The molecule has 3 rings (SSSR count). The molecule has 0 bridgehead atoms. The summed E-state index contributed by atoms with van der Waals surface area (Å²) < 4.78 is 0. The van der Waals surface area contributed by atoms with Crippen LogP contribution in [-0.4, -0.2) is 0 Å². The van der Waals surface area contributed by atoms with Gasteiger partial charge in [0.05, 0.1) is 0 Å². The van der Waals surface area contributed by atoms with E-state index >= 15 is 0 Å². The minimum atomic E-state index is 0.535. The quantitative estimate of drug-likeness (QED) is 0.519. The number of hydrogen-bond acceptors (Lipinski definition) is 0. The molecule has 0 aliphatic rings. The van der Waals surface area contributed by atoms with Crippen molar-refractivity contribution in [3.63, 3.8) is 0 Å². The third kappa shape index (κ3) is 2.82. The Balaban J connectivity index is 2.27. The molecule has 0 aliphatic carbocycles. The van der Waals surface area contributed by atoms with Crippen LogP contribution in [0.1, 0.15) is 30.9 Å². The Hall–Kier alpha value is -2.34. The molecular weight excluding hydrogens is 264 g/mol. The molecule has 0 heteroatoms. The molecule has 0 spiro atoms. The SMILES string of the molecule is Cc1cc(-c2ccccc2)c(-c2ccccc2)cc1C(C)C. The molecule has 0 N–H and O–H groups in total. The second-order valence-corrected chi connectivity index (χ2v) is 6.14. The Morgan fingerprint density at radius 2 is 1.09 bits per heavy atom. The number of rotatable bonds is 3. The summed E-state index contributed by atoms with van der Waals surface area (Å²) in [4.78, 5) is 0. The second-order valence-electron chi connectivity index (χ2n) is 6.14. The van der Waals surface area contributed by atoms with Gasteiger partial charge in [-0.2, -0.15) is 0 Å². The monoisotopic (exact) mass is 286 g/mol. The summed E-state index contributed by atoms with van der Waals surface area (Å²) in [6.45, 7) is 6.75. The maximum atomic E-state index is 2.37. The Labute approximate surface area is 133 Å². The maximum Gasteiger partial charge on any atom is -0.0102 e. The molecule has 3 aromatic rings. The van der Waals surface area contributed by atoms with Gasteiger partial charge in [-0.25, -0.2) is 0 Å². The summed E-state index contributed by atoms with van der Waals surface area (Å²) in [5, 5.41) is 0. The van der Waals surface area contributed by atoms with Crippen LogP contribution in [0, 0.1) is 6.92 Å². The maximum absolute atomic E-state index is 2.37. The van der Waals surface area contributed by atoms with Gasteiger partial charge in [0.15, 0.2) is 0 Å². The largest absolute Gasteiger partial charge is 0.0622 e. The third-order valence-electron chi connectivity index (χ3n) is 4.20. The predicted molar refractivity (Wildman–Crippen MR) is 96.1 cm³/mol. The molecule has 0 saturated heterocycles. The zero-order valence-electron chi connectivity index (χ0n) is 13.5. The van der Waals surface area contributed by atoms with E-state index in [1.165, 1.54) is 33.4 Å². The molecule has 0 saturated carbocycles. The highest BCUT2D eigenvalue weighted by atomic mass is 14.2. The number of hydrogen-bond donors (Lipinski definition) is 0. The van der Waals surface area contributed by atoms with Crippen LogP contribution in [0.3, 0.4) is 0 Å². The van der Waals surface area contributed by atoms with E-state index in [4.69, 9.17) is 0 Å². The highest BCUT2D eigenvalue weighted by molar-refractivity contribution is 5.84. The van der Waals surface area contributed by atoms with Crippen LogP contribution in [0.4, 0.5) is 0 Å². The van der Waals surface area contributed by atoms with Gasteiger partial charge in [0.2, 0.25) is 0 Å². The van der Waals surface area contributed by atoms with Crippen LogP contribution in [0.25, 0.3) is 22.3 Å². The summed E-state index contributed by atoms with van der Waals surface area (Å²) >= 11 is 0. The van der Waals surface area contributed by atoms with E-state index in [-0.39, 0.29) is 0 Å². The first-order chi connectivity index (χ1) is 10.7.